The molecule has 0 aromatic heterocycles. The monoisotopic (exact) mass is 496 g/mol. The van der Waals surface area contributed by atoms with Crippen LogP contribution in [0.4, 0.5) is 0 Å². The van der Waals surface area contributed by atoms with Crippen LogP contribution in [0.25, 0.3) is 0 Å². The van der Waals surface area contributed by atoms with Gasteiger partial charge in [-0.25, -0.2) is 0 Å². The maximum atomic E-state index is 13.2. The minimum atomic E-state index is -0.303. The number of hydrogen-bond donors (Lipinski definition) is 1. The zero-order valence-corrected chi connectivity index (χ0v) is 20.8. The molecule has 2 aliphatic rings. The summed E-state index contributed by atoms with van der Waals surface area (Å²) in [4.78, 5) is 43.9. The highest BCUT2D eigenvalue weighted by molar-refractivity contribution is 6.30. The molecule has 0 bridgehead atoms. The second-order valence-electron chi connectivity index (χ2n) is 9.34. The molecule has 0 spiro atoms. The van der Waals surface area contributed by atoms with Crippen LogP contribution in [-0.4, -0.2) is 78.2 Å². The Morgan fingerprint density at radius 1 is 0.943 bits per heavy atom. The largest absolute Gasteiger partial charge is 0.355 e. The van der Waals surface area contributed by atoms with Crippen LogP contribution >= 0.6 is 11.6 Å². The Labute approximate surface area is 212 Å². The molecule has 1 N–H and O–H groups in total. The predicted molar refractivity (Wildman–Crippen MR) is 136 cm³/mol. The Bertz CT molecular complexity index is 1010. The average Bonchev–Trinajstić information content (AvgIpc) is 3.06. The van der Waals surface area contributed by atoms with Crippen molar-refractivity contribution in [2.24, 2.45) is 5.92 Å². The molecule has 0 saturated carbocycles. The van der Waals surface area contributed by atoms with Crippen LogP contribution in [0.15, 0.2) is 54.6 Å². The highest BCUT2D eigenvalue weighted by Gasteiger charge is 2.36. The van der Waals surface area contributed by atoms with Crippen molar-refractivity contribution in [3.05, 3.63) is 70.7 Å². The van der Waals surface area contributed by atoms with Crippen LogP contribution in [0, 0.1) is 5.92 Å². The number of benzene rings is 2. The Hall–Kier alpha value is -2.90. The third-order valence-electron chi connectivity index (χ3n) is 6.70. The summed E-state index contributed by atoms with van der Waals surface area (Å²) in [6, 6.07) is 17.5. The fraction of sp³-hybridized carbons (Fsp3) is 0.444. The summed E-state index contributed by atoms with van der Waals surface area (Å²) in [5, 5.41) is 3.66. The Morgan fingerprint density at radius 3 is 2.49 bits per heavy atom. The number of halogens is 1. The SMILES string of the molecule is O=C(CN1CCCN(C(=O)C2CC(=O)N(Cc3ccc(Cl)cc3)C2)CC1)NCCc1ccccc1. The average molecular weight is 497 g/mol. The van der Waals surface area contributed by atoms with Crippen molar-refractivity contribution in [3.63, 3.8) is 0 Å². The van der Waals surface area contributed by atoms with E-state index in [4.69, 9.17) is 11.6 Å². The molecule has 0 aliphatic carbocycles. The van der Waals surface area contributed by atoms with E-state index in [-0.39, 0.29) is 30.1 Å². The van der Waals surface area contributed by atoms with E-state index in [1.54, 1.807) is 4.90 Å². The molecule has 4 rings (SSSR count). The second kappa shape index (κ2) is 12.2. The van der Waals surface area contributed by atoms with E-state index in [1.165, 1.54) is 5.56 Å². The maximum absolute atomic E-state index is 13.2. The number of likely N-dealkylation sites (tertiary alicyclic amines) is 1. The summed E-state index contributed by atoms with van der Waals surface area (Å²) in [6.07, 6.45) is 1.89. The topological polar surface area (TPSA) is 73.0 Å². The molecule has 1 atom stereocenters. The van der Waals surface area contributed by atoms with Crippen LogP contribution in [-0.2, 0) is 27.3 Å². The van der Waals surface area contributed by atoms with Crippen LogP contribution in [0.1, 0.15) is 24.0 Å². The van der Waals surface area contributed by atoms with Gasteiger partial charge in [-0.3, -0.25) is 19.3 Å². The molecule has 8 heteroatoms. The van der Waals surface area contributed by atoms with Crippen LogP contribution < -0.4 is 5.32 Å². The van der Waals surface area contributed by atoms with E-state index in [1.807, 2.05) is 47.4 Å². The van der Waals surface area contributed by atoms with Gasteiger partial charge in [0.15, 0.2) is 0 Å². The van der Waals surface area contributed by atoms with Crippen molar-refractivity contribution >= 4 is 29.3 Å². The molecule has 2 saturated heterocycles. The minimum absolute atomic E-state index is 0.0138. The molecule has 35 heavy (non-hydrogen) atoms. The van der Waals surface area contributed by atoms with Gasteiger partial charge in [0, 0.05) is 57.3 Å². The predicted octanol–water partition coefficient (Wildman–Crippen LogP) is 2.58. The first kappa shape index (κ1) is 25.2. The fourth-order valence-corrected chi connectivity index (χ4v) is 4.88. The van der Waals surface area contributed by atoms with Crippen molar-refractivity contribution in [2.45, 2.75) is 25.8 Å². The van der Waals surface area contributed by atoms with Crippen molar-refractivity contribution in [1.82, 2.24) is 20.0 Å². The van der Waals surface area contributed by atoms with E-state index >= 15 is 0 Å². The van der Waals surface area contributed by atoms with Crippen LogP contribution in [0.2, 0.25) is 5.02 Å². The summed E-state index contributed by atoms with van der Waals surface area (Å²) < 4.78 is 0. The molecule has 1 unspecified atom stereocenters. The molecule has 0 radical (unpaired) electrons. The quantitative estimate of drug-likeness (QED) is 0.609. The van der Waals surface area contributed by atoms with Crippen molar-refractivity contribution < 1.29 is 14.4 Å². The van der Waals surface area contributed by atoms with Gasteiger partial charge in [0.1, 0.15) is 0 Å². The zero-order chi connectivity index (χ0) is 24.6. The smallest absolute Gasteiger partial charge is 0.234 e. The van der Waals surface area contributed by atoms with Crippen molar-refractivity contribution in [2.75, 3.05) is 45.8 Å². The van der Waals surface area contributed by atoms with Gasteiger partial charge in [-0.1, -0.05) is 54.1 Å². The Kier molecular flexibility index (Phi) is 8.77. The number of carbonyl (C=O) groups excluding carboxylic acids is 3. The van der Waals surface area contributed by atoms with Gasteiger partial charge < -0.3 is 15.1 Å². The molecule has 2 heterocycles. The zero-order valence-electron chi connectivity index (χ0n) is 20.0. The maximum Gasteiger partial charge on any atom is 0.234 e. The highest BCUT2D eigenvalue weighted by Crippen LogP contribution is 2.23. The third-order valence-corrected chi connectivity index (χ3v) is 6.95. The van der Waals surface area contributed by atoms with Crippen molar-refractivity contribution in [1.29, 1.82) is 0 Å². The standard InChI is InChI=1S/C27H33ClN4O3/c28-24-9-7-22(8-10-24)18-32-19-23(17-26(32)34)27(35)31-14-4-13-30(15-16-31)20-25(33)29-12-11-21-5-2-1-3-6-21/h1-3,5-10,23H,4,11-20H2,(H,29,33). The normalized spacial score (nSPS) is 19.0. The van der Waals surface area contributed by atoms with Gasteiger partial charge in [-0.05, 0) is 36.1 Å². The van der Waals surface area contributed by atoms with E-state index in [0.29, 0.717) is 50.8 Å². The first-order chi connectivity index (χ1) is 17.0. The van der Waals surface area contributed by atoms with Crippen LogP contribution in [0.5, 0.6) is 0 Å². The highest BCUT2D eigenvalue weighted by atomic mass is 35.5. The Morgan fingerprint density at radius 2 is 1.71 bits per heavy atom. The van der Waals surface area contributed by atoms with Gasteiger partial charge in [0.05, 0.1) is 12.5 Å². The Balaban J connectivity index is 1.20. The third kappa shape index (κ3) is 7.29. The number of nitrogens with one attached hydrogen (secondary N) is 1. The van der Waals surface area contributed by atoms with Gasteiger partial charge in [-0.15, -0.1) is 0 Å². The summed E-state index contributed by atoms with van der Waals surface area (Å²) in [6.45, 7) is 4.58. The molecular formula is C27H33ClN4O3. The van der Waals surface area contributed by atoms with E-state index in [9.17, 15) is 14.4 Å². The number of nitrogens with zero attached hydrogens (tertiary/aromatic N) is 3. The van der Waals surface area contributed by atoms with Crippen LogP contribution in [0.3, 0.4) is 0 Å². The number of carbonyl (C=O) groups is 3. The molecule has 186 valence electrons. The van der Waals surface area contributed by atoms with Gasteiger partial charge in [0.25, 0.3) is 0 Å². The minimum Gasteiger partial charge on any atom is -0.355 e. The fourth-order valence-electron chi connectivity index (χ4n) is 4.76. The van der Waals surface area contributed by atoms with E-state index in [2.05, 4.69) is 22.3 Å². The lowest BCUT2D eigenvalue weighted by molar-refractivity contribution is -0.135. The summed E-state index contributed by atoms with van der Waals surface area (Å²) in [7, 11) is 0. The number of hydrogen-bond acceptors (Lipinski definition) is 4. The lowest BCUT2D eigenvalue weighted by Crippen LogP contribution is -2.42. The number of amides is 3. The molecule has 2 aliphatic heterocycles. The van der Waals surface area contributed by atoms with E-state index < -0.39 is 0 Å². The van der Waals surface area contributed by atoms with Gasteiger partial charge >= 0.3 is 0 Å². The molecular weight excluding hydrogens is 464 g/mol. The van der Waals surface area contributed by atoms with E-state index in [0.717, 1.165) is 24.9 Å². The summed E-state index contributed by atoms with van der Waals surface area (Å²) in [5.41, 5.74) is 2.21. The van der Waals surface area contributed by atoms with Gasteiger partial charge in [0.2, 0.25) is 17.7 Å². The molecule has 2 aromatic carbocycles. The van der Waals surface area contributed by atoms with Gasteiger partial charge in [-0.2, -0.15) is 0 Å². The lowest BCUT2D eigenvalue weighted by Gasteiger charge is -2.24. The van der Waals surface area contributed by atoms with Crippen molar-refractivity contribution in [3.8, 4) is 0 Å². The molecule has 3 amide bonds. The summed E-state index contributed by atoms with van der Waals surface area (Å²) >= 11 is 5.95. The molecule has 2 fully saturated rings. The first-order valence-corrected chi connectivity index (χ1v) is 12.7. The lowest BCUT2D eigenvalue weighted by atomic mass is 10.1. The first-order valence-electron chi connectivity index (χ1n) is 12.3. The molecule has 2 aromatic rings. The molecule has 7 nitrogen and oxygen atoms in total. The number of rotatable bonds is 8. The summed E-state index contributed by atoms with van der Waals surface area (Å²) in [5.74, 6) is -0.226. The second-order valence-corrected chi connectivity index (χ2v) is 9.78.